The van der Waals surface area contributed by atoms with Crippen molar-refractivity contribution >= 4 is 5.96 Å². The fourth-order valence-corrected chi connectivity index (χ4v) is 2.60. The zero-order valence-electron chi connectivity index (χ0n) is 17.1. The van der Waals surface area contributed by atoms with E-state index in [4.69, 9.17) is 19.2 Å². The van der Waals surface area contributed by atoms with Crippen molar-refractivity contribution in [1.29, 1.82) is 0 Å². The van der Waals surface area contributed by atoms with E-state index in [9.17, 15) is 0 Å². The van der Waals surface area contributed by atoms with Gasteiger partial charge in [-0.1, -0.05) is 12.1 Å². The van der Waals surface area contributed by atoms with Crippen LogP contribution < -0.4 is 10.1 Å². The molecule has 2 rings (SSSR count). The fraction of sp³-hybridized carbons (Fsp3) is 0.667. The first-order valence-electron chi connectivity index (χ1n) is 10.0. The molecule has 0 heterocycles. The lowest BCUT2D eigenvalue weighted by atomic mass is 10.2. The predicted molar refractivity (Wildman–Crippen MR) is 109 cm³/mol. The van der Waals surface area contributed by atoms with Crippen molar-refractivity contribution in [2.75, 3.05) is 53.7 Å². The molecule has 0 unspecified atom stereocenters. The topological polar surface area (TPSA) is 55.3 Å². The molecular formula is C21H35N3O3. The molecule has 1 aromatic carbocycles. The Morgan fingerprint density at radius 2 is 2.11 bits per heavy atom. The Kier molecular flexibility index (Phi) is 10.0. The normalized spacial score (nSPS) is 14.3. The summed E-state index contributed by atoms with van der Waals surface area (Å²) in [5.74, 6) is 2.59. The number of benzene rings is 1. The largest absolute Gasteiger partial charge is 0.493 e. The molecule has 1 aliphatic carbocycles. The van der Waals surface area contributed by atoms with Crippen LogP contribution in [-0.2, 0) is 16.0 Å². The lowest BCUT2D eigenvalue weighted by molar-refractivity contribution is 0.115. The van der Waals surface area contributed by atoms with E-state index in [1.54, 1.807) is 7.11 Å². The number of hydrogen-bond donors (Lipinski definition) is 1. The van der Waals surface area contributed by atoms with Crippen molar-refractivity contribution in [3.63, 3.8) is 0 Å². The number of hydrogen-bond acceptors (Lipinski definition) is 4. The van der Waals surface area contributed by atoms with Crippen molar-refractivity contribution < 1.29 is 14.2 Å². The molecule has 0 atom stereocenters. The highest BCUT2D eigenvalue weighted by Crippen LogP contribution is 2.28. The van der Waals surface area contributed by atoms with Gasteiger partial charge in [-0.05, 0) is 43.4 Å². The summed E-state index contributed by atoms with van der Waals surface area (Å²) in [6.45, 7) is 7.39. The van der Waals surface area contributed by atoms with Gasteiger partial charge in [-0.25, -0.2) is 4.99 Å². The summed E-state index contributed by atoms with van der Waals surface area (Å²) in [5.41, 5.74) is 1.13. The number of methoxy groups -OCH3 is 1. The van der Waals surface area contributed by atoms with Crippen LogP contribution in [0.5, 0.6) is 5.75 Å². The third-order valence-electron chi connectivity index (χ3n) is 4.39. The molecule has 27 heavy (non-hydrogen) atoms. The maximum absolute atomic E-state index is 5.77. The highest BCUT2D eigenvalue weighted by Gasteiger charge is 2.21. The Hall–Kier alpha value is -1.79. The first-order chi connectivity index (χ1) is 13.2. The van der Waals surface area contributed by atoms with Gasteiger partial charge in [-0.15, -0.1) is 0 Å². The van der Waals surface area contributed by atoms with Gasteiger partial charge in [-0.3, -0.25) is 0 Å². The molecule has 0 aromatic heterocycles. The van der Waals surface area contributed by atoms with Gasteiger partial charge in [0.1, 0.15) is 5.75 Å². The summed E-state index contributed by atoms with van der Waals surface area (Å²) in [7, 11) is 3.76. The smallest absolute Gasteiger partial charge is 0.194 e. The minimum Gasteiger partial charge on any atom is -0.493 e. The van der Waals surface area contributed by atoms with Gasteiger partial charge in [0.25, 0.3) is 0 Å². The van der Waals surface area contributed by atoms with Gasteiger partial charge >= 0.3 is 0 Å². The minimum atomic E-state index is 0.616. The summed E-state index contributed by atoms with van der Waals surface area (Å²) in [6.07, 6.45) is 3.54. The number of rotatable bonds is 13. The minimum absolute atomic E-state index is 0.616. The number of nitrogens with one attached hydrogen (secondary N) is 1. The molecule has 0 amide bonds. The standard InChI is InChI=1S/C21H35N3O3/c1-4-22-21(24(2)11-14-26-17-18-9-10-18)23-16-19-7-5-8-20(15-19)27-13-6-12-25-3/h5,7-8,15,18H,4,6,9-14,16-17H2,1-3H3,(H,22,23). The molecule has 0 radical (unpaired) electrons. The summed E-state index contributed by atoms with van der Waals surface area (Å²) in [4.78, 5) is 6.89. The molecule has 1 aliphatic rings. The Bertz CT molecular complexity index is 561. The second kappa shape index (κ2) is 12.6. The van der Waals surface area contributed by atoms with Crippen molar-refractivity contribution in [2.24, 2.45) is 10.9 Å². The van der Waals surface area contributed by atoms with E-state index in [1.165, 1.54) is 12.8 Å². The summed E-state index contributed by atoms with van der Waals surface area (Å²) >= 11 is 0. The molecule has 1 saturated carbocycles. The zero-order valence-corrected chi connectivity index (χ0v) is 17.1. The van der Waals surface area contributed by atoms with Gasteiger partial charge in [0.2, 0.25) is 0 Å². The first kappa shape index (κ1) is 21.5. The first-order valence-corrected chi connectivity index (χ1v) is 10.0. The van der Waals surface area contributed by atoms with Crippen molar-refractivity contribution in [2.45, 2.75) is 32.7 Å². The third kappa shape index (κ3) is 9.11. The quantitative estimate of drug-likeness (QED) is 0.325. The number of likely N-dealkylation sites (N-methyl/N-ethyl adjacent to an activating group) is 1. The van der Waals surface area contributed by atoms with Crippen LogP contribution in [-0.4, -0.2) is 64.5 Å². The number of guanidine groups is 1. The van der Waals surface area contributed by atoms with Crippen molar-refractivity contribution in [1.82, 2.24) is 10.2 Å². The predicted octanol–water partition coefficient (Wildman–Crippen LogP) is 2.93. The fourth-order valence-electron chi connectivity index (χ4n) is 2.60. The highest BCUT2D eigenvalue weighted by molar-refractivity contribution is 5.79. The molecular weight excluding hydrogens is 342 g/mol. The van der Waals surface area contributed by atoms with E-state index >= 15 is 0 Å². The summed E-state index contributed by atoms with van der Waals surface area (Å²) < 4.78 is 16.6. The zero-order chi connectivity index (χ0) is 19.3. The van der Waals surface area contributed by atoms with Crippen molar-refractivity contribution in [3.05, 3.63) is 29.8 Å². The number of ether oxygens (including phenoxy) is 3. The van der Waals surface area contributed by atoms with E-state index in [0.29, 0.717) is 19.8 Å². The van der Waals surface area contributed by atoms with Crippen LogP contribution >= 0.6 is 0 Å². The van der Waals surface area contributed by atoms with Crippen molar-refractivity contribution in [3.8, 4) is 5.75 Å². The average molecular weight is 378 g/mol. The monoisotopic (exact) mass is 377 g/mol. The molecule has 1 N–H and O–H groups in total. The molecule has 6 heteroatoms. The Balaban J connectivity index is 1.81. The van der Waals surface area contributed by atoms with Crippen LogP contribution in [0.1, 0.15) is 31.7 Å². The summed E-state index contributed by atoms with van der Waals surface area (Å²) in [6, 6.07) is 8.12. The van der Waals surface area contributed by atoms with Gasteiger partial charge in [0.15, 0.2) is 5.96 Å². The Labute approximate surface area is 163 Å². The molecule has 0 bridgehead atoms. The van der Waals surface area contributed by atoms with E-state index in [1.807, 2.05) is 12.1 Å². The number of aliphatic imine (C=N–C) groups is 1. The highest BCUT2D eigenvalue weighted by atomic mass is 16.5. The average Bonchev–Trinajstić information content (AvgIpc) is 3.50. The van der Waals surface area contributed by atoms with Crippen LogP contribution in [0.3, 0.4) is 0 Å². The molecule has 0 spiro atoms. The SMILES string of the molecule is CCNC(=NCc1cccc(OCCCOC)c1)N(C)CCOCC1CC1. The lowest BCUT2D eigenvalue weighted by Crippen LogP contribution is -2.40. The molecule has 1 aromatic rings. The molecule has 0 saturated heterocycles. The summed E-state index contributed by atoms with van der Waals surface area (Å²) in [5, 5.41) is 3.35. The van der Waals surface area contributed by atoms with Gasteiger partial charge in [-0.2, -0.15) is 0 Å². The van der Waals surface area contributed by atoms with Gasteiger partial charge in [0, 0.05) is 46.9 Å². The maximum atomic E-state index is 5.77. The van der Waals surface area contributed by atoms with E-state index in [2.05, 4.69) is 36.3 Å². The van der Waals surface area contributed by atoms with Crippen LogP contribution in [0.25, 0.3) is 0 Å². The van der Waals surface area contributed by atoms with Crippen LogP contribution in [0, 0.1) is 5.92 Å². The number of nitrogens with zero attached hydrogens (tertiary/aromatic N) is 2. The van der Waals surface area contributed by atoms with Gasteiger partial charge in [0.05, 0.1) is 19.8 Å². The van der Waals surface area contributed by atoms with Crippen LogP contribution in [0.4, 0.5) is 0 Å². The van der Waals surface area contributed by atoms with E-state index in [-0.39, 0.29) is 0 Å². The molecule has 0 aliphatic heterocycles. The second-order valence-electron chi connectivity index (χ2n) is 6.95. The lowest BCUT2D eigenvalue weighted by Gasteiger charge is -2.22. The van der Waals surface area contributed by atoms with Gasteiger partial charge < -0.3 is 24.4 Å². The van der Waals surface area contributed by atoms with Crippen LogP contribution in [0.2, 0.25) is 0 Å². The Morgan fingerprint density at radius 3 is 2.85 bits per heavy atom. The van der Waals surface area contributed by atoms with Crippen LogP contribution in [0.15, 0.2) is 29.3 Å². The maximum Gasteiger partial charge on any atom is 0.194 e. The van der Waals surface area contributed by atoms with E-state index < -0.39 is 0 Å². The molecule has 1 fully saturated rings. The van der Waals surface area contributed by atoms with E-state index in [0.717, 1.165) is 55.9 Å². The Morgan fingerprint density at radius 1 is 1.26 bits per heavy atom. The second-order valence-corrected chi connectivity index (χ2v) is 6.95. The molecule has 6 nitrogen and oxygen atoms in total. The third-order valence-corrected chi connectivity index (χ3v) is 4.39. The molecule has 152 valence electrons.